The van der Waals surface area contributed by atoms with Crippen LogP contribution in [0.4, 0.5) is 5.69 Å². The van der Waals surface area contributed by atoms with Crippen molar-refractivity contribution in [3.05, 3.63) is 62.1 Å². The van der Waals surface area contributed by atoms with Gasteiger partial charge in [0.05, 0.1) is 22.2 Å². The maximum Gasteiger partial charge on any atom is 0.269 e. The summed E-state index contributed by atoms with van der Waals surface area (Å²) in [6.45, 7) is 2.52. The van der Waals surface area contributed by atoms with Crippen LogP contribution in [0.2, 0.25) is 0 Å². The van der Waals surface area contributed by atoms with Crippen LogP contribution >= 0.6 is 15.9 Å². The van der Waals surface area contributed by atoms with E-state index >= 15 is 0 Å². The number of nitrogens with zero attached hydrogens (tertiary/aromatic N) is 2. The Balaban J connectivity index is 2.20. The highest BCUT2D eigenvalue weighted by molar-refractivity contribution is 9.10. The average Bonchev–Trinajstić information content (AvgIpc) is 2.55. The number of nitro benzene ring substituents is 1. The zero-order valence-electron chi connectivity index (χ0n) is 12.8. The second kappa shape index (κ2) is 8.30. The lowest BCUT2D eigenvalue weighted by Gasteiger charge is -2.14. The van der Waals surface area contributed by atoms with Gasteiger partial charge in [-0.05, 0) is 52.7 Å². The van der Waals surface area contributed by atoms with Gasteiger partial charge < -0.3 is 14.7 Å². The topological polar surface area (TPSA) is 94.2 Å². The molecule has 0 aliphatic rings. The van der Waals surface area contributed by atoms with Gasteiger partial charge in [-0.15, -0.1) is 0 Å². The van der Waals surface area contributed by atoms with Crippen LogP contribution in [0.15, 0.2) is 46.0 Å². The predicted octanol–water partition coefficient (Wildman–Crippen LogP) is 4.14. The number of hydrogen-bond acceptors (Lipinski definition) is 6. The predicted molar refractivity (Wildman–Crippen MR) is 92.1 cm³/mol. The number of hydrogen-bond donors (Lipinski definition) is 1. The van der Waals surface area contributed by atoms with Crippen molar-refractivity contribution in [2.24, 2.45) is 5.16 Å². The Labute approximate surface area is 146 Å². The number of ether oxygens (including phenoxy) is 2. The van der Waals surface area contributed by atoms with Gasteiger partial charge in [0.1, 0.15) is 6.61 Å². The number of halogens is 1. The Bertz CT molecular complexity index is 747. The van der Waals surface area contributed by atoms with Crippen molar-refractivity contribution < 1.29 is 19.6 Å². The quantitative estimate of drug-likeness (QED) is 0.329. The standard InChI is InChI=1S/C16H15BrN2O5/c1-2-23-15-8-12(9-18-20)7-14(17)16(15)24-10-11-3-5-13(6-4-11)19(21)22/h3-9,20H,2,10H2,1H3. The van der Waals surface area contributed by atoms with E-state index in [0.29, 0.717) is 28.1 Å². The fourth-order valence-corrected chi connectivity index (χ4v) is 2.58. The molecule has 0 spiro atoms. The highest BCUT2D eigenvalue weighted by atomic mass is 79.9. The third-order valence-corrected chi connectivity index (χ3v) is 3.66. The molecular weight excluding hydrogens is 380 g/mol. The summed E-state index contributed by atoms with van der Waals surface area (Å²) < 4.78 is 12.0. The molecule has 2 aromatic rings. The highest BCUT2D eigenvalue weighted by Gasteiger charge is 2.13. The van der Waals surface area contributed by atoms with Gasteiger partial charge in [-0.25, -0.2) is 0 Å². The summed E-state index contributed by atoms with van der Waals surface area (Å²) >= 11 is 3.40. The maximum atomic E-state index is 10.7. The minimum Gasteiger partial charge on any atom is -0.490 e. The van der Waals surface area contributed by atoms with Gasteiger partial charge in [-0.1, -0.05) is 5.16 Å². The first-order valence-corrected chi connectivity index (χ1v) is 7.84. The maximum absolute atomic E-state index is 10.7. The lowest BCUT2D eigenvalue weighted by molar-refractivity contribution is -0.384. The van der Waals surface area contributed by atoms with E-state index in [1.807, 2.05) is 6.92 Å². The second-order valence-electron chi connectivity index (χ2n) is 4.72. The summed E-state index contributed by atoms with van der Waals surface area (Å²) in [4.78, 5) is 10.2. The van der Waals surface area contributed by atoms with Crippen molar-refractivity contribution in [3.63, 3.8) is 0 Å². The molecule has 0 aromatic heterocycles. The molecule has 2 rings (SSSR count). The lowest BCUT2D eigenvalue weighted by atomic mass is 10.2. The van der Waals surface area contributed by atoms with Gasteiger partial charge in [0.25, 0.3) is 5.69 Å². The minimum absolute atomic E-state index is 0.0302. The molecule has 0 fully saturated rings. The van der Waals surface area contributed by atoms with E-state index < -0.39 is 4.92 Å². The zero-order chi connectivity index (χ0) is 17.5. The van der Waals surface area contributed by atoms with Crippen LogP contribution in [0, 0.1) is 10.1 Å². The molecule has 7 nitrogen and oxygen atoms in total. The third-order valence-electron chi connectivity index (χ3n) is 3.07. The van der Waals surface area contributed by atoms with E-state index in [0.717, 1.165) is 5.56 Å². The molecule has 0 atom stereocenters. The monoisotopic (exact) mass is 394 g/mol. The van der Waals surface area contributed by atoms with E-state index in [1.165, 1.54) is 18.3 Å². The molecule has 0 amide bonds. The summed E-state index contributed by atoms with van der Waals surface area (Å²) in [7, 11) is 0. The number of oxime groups is 1. The second-order valence-corrected chi connectivity index (χ2v) is 5.57. The number of non-ortho nitro benzene ring substituents is 1. The van der Waals surface area contributed by atoms with E-state index in [-0.39, 0.29) is 12.3 Å². The smallest absolute Gasteiger partial charge is 0.269 e. The van der Waals surface area contributed by atoms with Gasteiger partial charge in [-0.2, -0.15) is 0 Å². The van der Waals surface area contributed by atoms with Crippen LogP contribution < -0.4 is 9.47 Å². The van der Waals surface area contributed by atoms with Gasteiger partial charge >= 0.3 is 0 Å². The van der Waals surface area contributed by atoms with Crippen molar-refractivity contribution in [2.75, 3.05) is 6.61 Å². The first-order chi connectivity index (χ1) is 11.5. The minimum atomic E-state index is -0.449. The van der Waals surface area contributed by atoms with Crippen LogP contribution in [0.25, 0.3) is 0 Å². The first kappa shape index (κ1) is 17.7. The van der Waals surface area contributed by atoms with Crippen molar-refractivity contribution in [2.45, 2.75) is 13.5 Å². The Kier molecular flexibility index (Phi) is 6.14. The molecule has 0 aliphatic heterocycles. The fraction of sp³-hybridized carbons (Fsp3) is 0.188. The number of benzene rings is 2. The summed E-state index contributed by atoms with van der Waals surface area (Å²) in [5, 5.41) is 22.3. The molecule has 0 saturated carbocycles. The molecule has 0 unspecified atom stereocenters. The van der Waals surface area contributed by atoms with E-state index in [2.05, 4.69) is 21.1 Å². The van der Waals surface area contributed by atoms with Crippen LogP contribution in [-0.4, -0.2) is 23.0 Å². The Morgan fingerprint density at radius 3 is 2.58 bits per heavy atom. The molecule has 0 bridgehead atoms. The van der Waals surface area contributed by atoms with Crippen molar-refractivity contribution in [3.8, 4) is 11.5 Å². The molecule has 1 N–H and O–H groups in total. The van der Waals surface area contributed by atoms with Crippen LogP contribution in [-0.2, 0) is 6.61 Å². The van der Waals surface area contributed by atoms with E-state index in [4.69, 9.17) is 14.7 Å². The Hall–Kier alpha value is -2.61. The molecule has 0 radical (unpaired) electrons. The summed E-state index contributed by atoms with van der Waals surface area (Å²) in [5.41, 5.74) is 1.47. The molecule has 0 aliphatic carbocycles. The van der Waals surface area contributed by atoms with E-state index in [1.54, 1.807) is 24.3 Å². The van der Waals surface area contributed by atoms with Crippen molar-refractivity contribution in [1.29, 1.82) is 0 Å². The molecule has 8 heteroatoms. The molecule has 2 aromatic carbocycles. The Morgan fingerprint density at radius 1 is 1.29 bits per heavy atom. The summed E-state index contributed by atoms with van der Waals surface area (Å²) in [6, 6.07) is 9.56. The average molecular weight is 395 g/mol. The van der Waals surface area contributed by atoms with Crippen LogP contribution in [0.5, 0.6) is 11.5 Å². The third kappa shape index (κ3) is 4.45. The highest BCUT2D eigenvalue weighted by Crippen LogP contribution is 2.37. The summed E-state index contributed by atoms with van der Waals surface area (Å²) in [5.74, 6) is 1.01. The molecule has 0 saturated heterocycles. The number of rotatable bonds is 7. The fourth-order valence-electron chi connectivity index (χ4n) is 2.00. The van der Waals surface area contributed by atoms with Gasteiger partial charge in [-0.3, -0.25) is 10.1 Å². The normalized spacial score (nSPS) is 10.8. The lowest BCUT2D eigenvalue weighted by Crippen LogP contribution is -2.01. The zero-order valence-corrected chi connectivity index (χ0v) is 14.4. The van der Waals surface area contributed by atoms with Crippen LogP contribution in [0.3, 0.4) is 0 Å². The van der Waals surface area contributed by atoms with Crippen LogP contribution in [0.1, 0.15) is 18.1 Å². The SMILES string of the molecule is CCOc1cc(C=NO)cc(Br)c1OCc1ccc([N+](=O)[O-])cc1. The Morgan fingerprint density at radius 2 is 2.00 bits per heavy atom. The number of nitro groups is 1. The largest absolute Gasteiger partial charge is 0.490 e. The first-order valence-electron chi connectivity index (χ1n) is 7.05. The van der Waals surface area contributed by atoms with Crippen molar-refractivity contribution in [1.82, 2.24) is 0 Å². The molecule has 126 valence electrons. The van der Waals surface area contributed by atoms with Crippen molar-refractivity contribution >= 4 is 27.8 Å². The molecular formula is C16H15BrN2O5. The van der Waals surface area contributed by atoms with Gasteiger partial charge in [0, 0.05) is 17.7 Å². The summed E-state index contributed by atoms with van der Waals surface area (Å²) in [6.07, 6.45) is 1.29. The van der Waals surface area contributed by atoms with E-state index in [9.17, 15) is 10.1 Å². The van der Waals surface area contributed by atoms with Gasteiger partial charge in [0.15, 0.2) is 11.5 Å². The van der Waals surface area contributed by atoms with Gasteiger partial charge in [0.2, 0.25) is 0 Å². The molecule has 24 heavy (non-hydrogen) atoms. The molecule has 0 heterocycles.